The maximum absolute atomic E-state index is 13.1. The van der Waals surface area contributed by atoms with Crippen LogP contribution in [-0.2, 0) is 17.1 Å². The van der Waals surface area contributed by atoms with Crippen molar-refractivity contribution >= 4 is 22.4 Å². The number of hydrogen-bond acceptors (Lipinski definition) is 8. The van der Waals surface area contributed by atoms with E-state index in [-0.39, 0.29) is 116 Å². The van der Waals surface area contributed by atoms with Gasteiger partial charge in [-0.05, 0) is 6.07 Å². The quantitative estimate of drug-likeness (QED) is 0.160. The average molecular weight is 636 g/mol. The van der Waals surface area contributed by atoms with Crippen molar-refractivity contribution in [1.82, 2.24) is 14.4 Å². The van der Waals surface area contributed by atoms with E-state index in [0.29, 0.717) is 5.39 Å². The van der Waals surface area contributed by atoms with Gasteiger partial charge in [-0.15, -0.1) is 0 Å². The number of aromatic nitrogens is 3. The van der Waals surface area contributed by atoms with Crippen LogP contribution in [0.2, 0.25) is 0 Å². The molecule has 4 rings (SSSR count). The molecule has 211 valence electrons. The van der Waals surface area contributed by atoms with E-state index >= 15 is 0 Å². The molecule has 0 amide bonds. The number of furan rings is 1. The molecule has 0 aliphatic heterocycles. The zero-order valence-electron chi connectivity index (χ0n) is 18.7. The van der Waals surface area contributed by atoms with Gasteiger partial charge in [0.25, 0.3) is 5.56 Å². The first-order chi connectivity index (χ1) is 13.5. The zero-order chi connectivity index (χ0) is 20.0. The van der Waals surface area contributed by atoms with Gasteiger partial charge in [0.2, 0.25) is 11.5 Å². The SMILES string of the molecule is COc1c(C(=O)c2cnc3cc(=O)[nH]c(=O)n3c2)c(O)c(OC)c2occc12.O.O.O.O.O.[Cl-].[Cl-].[Cl-].[Fe+3]. The largest absolute Gasteiger partial charge is 3.00 e. The predicted molar refractivity (Wildman–Crippen MR) is 115 cm³/mol. The number of H-pyrrole nitrogens is 1. The van der Waals surface area contributed by atoms with Crippen molar-refractivity contribution in [3.63, 3.8) is 0 Å². The van der Waals surface area contributed by atoms with Crippen LogP contribution in [0, 0.1) is 0 Å². The molecule has 12 N–H and O–H groups in total. The summed E-state index contributed by atoms with van der Waals surface area (Å²) in [5.74, 6) is -1.08. The third-order valence-corrected chi connectivity index (χ3v) is 4.25. The summed E-state index contributed by atoms with van der Waals surface area (Å²) in [6.07, 6.45) is 3.78. The third kappa shape index (κ3) is 7.80. The van der Waals surface area contributed by atoms with Gasteiger partial charge >= 0.3 is 22.8 Å². The normalized spacial score (nSPS) is 8.38. The minimum Gasteiger partial charge on any atom is -1.00 e. The van der Waals surface area contributed by atoms with Crippen molar-refractivity contribution in [1.29, 1.82) is 0 Å². The van der Waals surface area contributed by atoms with Gasteiger partial charge in [0.1, 0.15) is 17.0 Å². The smallest absolute Gasteiger partial charge is 1.00 e. The van der Waals surface area contributed by atoms with E-state index in [0.717, 1.165) is 10.5 Å². The topological polar surface area (TPSA) is 294 Å². The van der Waals surface area contributed by atoms with Crippen molar-refractivity contribution in [2.24, 2.45) is 0 Å². The first kappa shape index (κ1) is 47.3. The molecule has 0 unspecified atom stereocenters. The van der Waals surface area contributed by atoms with E-state index in [9.17, 15) is 19.5 Å². The fourth-order valence-electron chi connectivity index (χ4n) is 3.03. The fraction of sp³-hybridized carbons (Fsp3) is 0.111. The molecular formula is C18H23Cl3FeN3O12. The van der Waals surface area contributed by atoms with Gasteiger partial charge in [-0.25, -0.2) is 9.78 Å². The average Bonchev–Trinajstić information content (AvgIpc) is 3.15. The minimum atomic E-state index is -0.747. The van der Waals surface area contributed by atoms with E-state index in [1.165, 1.54) is 32.9 Å². The number of phenolic OH excluding ortho intramolecular Hbond substituents is 1. The maximum Gasteiger partial charge on any atom is 3.00 e. The third-order valence-electron chi connectivity index (χ3n) is 4.25. The number of aromatic hydroxyl groups is 1. The molecule has 0 aliphatic carbocycles. The number of benzene rings is 1. The number of phenols is 1. The molecule has 0 saturated heterocycles. The molecule has 0 bridgehead atoms. The molecule has 4 aromatic rings. The Labute approximate surface area is 236 Å². The van der Waals surface area contributed by atoms with Gasteiger partial charge in [0.05, 0.1) is 31.4 Å². The van der Waals surface area contributed by atoms with Crippen LogP contribution < -0.4 is 57.9 Å². The molecule has 1 aromatic carbocycles. The van der Waals surface area contributed by atoms with E-state index in [2.05, 4.69) is 9.97 Å². The number of carbonyl (C=O) groups is 1. The Morgan fingerprint density at radius 2 is 1.59 bits per heavy atom. The number of methoxy groups -OCH3 is 2. The van der Waals surface area contributed by atoms with Crippen molar-refractivity contribution in [2.75, 3.05) is 14.2 Å². The number of aromatic amines is 1. The molecule has 3 heterocycles. The molecule has 0 aliphatic rings. The first-order valence-electron chi connectivity index (χ1n) is 7.96. The Hall–Kier alpha value is -2.89. The first-order valence-corrected chi connectivity index (χ1v) is 7.96. The van der Waals surface area contributed by atoms with Crippen LogP contribution in [0.5, 0.6) is 17.2 Å². The van der Waals surface area contributed by atoms with Gasteiger partial charge in [-0.1, -0.05) is 0 Å². The summed E-state index contributed by atoms with van der Waals surface area (Å²) in [6.45, 7) is 0. The van der Waals surface area contributed by atoms with E-state index in [1.807, 2.05) is 0 Å². The van der Waals surface area contributed by atoms with Crippen molar-refractivity contribution in [3.05, 3.63) is 62.8 Å². The van der Waals surface area contributed by atoms with Crippen LogP contribution >= 0.6 is 0 Å². The molecule has 0 spiro atoms. The van der Waals surface area contributed by atoms with E-state index in [1.54, 1.807) is 6.07 Å². The summed E-state index contributed by atoms with van der Waals surface area (Å²) in [4.78, 5) is 42.6. The Morgan fingerprint density at radius 1 is 1.03 bits per heavy atom. The number of nitrogens with one attached hydrogen (secondary N) is 1. The van der Waals surface area contributed by atoms with Crippen LogP contribution in [0.15, 0.2) is 44.8 Å². The number of ether oxygens (including phenoxy) is 2. The molecular weight excluding hydrogens is 612 g/mol. The number of hydrogen-bond donors (Lipinski definition) is 2. The maximum atomic E-state index is 13.1. The monoisotopic (exact) mass is 634 g/mol. The van der Waals surface area contributed by atoms with Gasteiger partial charge in [-0.2, -0.15) is 0 Å². The van der Waals surface area contributed by atoms with Crippen molar-refractivity contribution in [3.8, 4) is 17.2 Å². The summed E-state index contributed by atoms with van der Waals surface area (Å²) in [5, 5.41) is 11.1. The van der Waals surface area contributed by atoms with Crippen molar-refractivity contribution < 1.29 is 105 Å². The molecule has 19 heteroatoms. The van der Waals surface area contributed by atoms with Gasteiger partial charge in [-0.3, -0.25) is 19.0 Å². The van der Waals surface area contributed by atoms with Crippen LogP contribution in [0.1, 0.15) is 15.9 Å². The zero-order valence-corrected chi connectivity index (χ0v) is 22.0. The van der Waals surface area contributed by atoms with Crippen LogP contribution in [-0.4, -0.2) is 66.9 Å². The number of nitrogens with zero attached hydrogens (tertiary/aromatic N) is 2. The van der Waals surface area contributed by atoms with Gasteiger partial charge < -0.3 is 83.6 Å². The van der Waals surface area contributed by atoms with Gasteiger partial charge in [0.15, 0.2) is 11.3 Å². The molecule has 3 aromatic heterocycles. The van der Waals surface area contributed by atoms with Crippen LogP contribution in [0.4, 0.5) is 0 Å². The van der Waals surface area contributed by atoms with E-state index in [4.69, 9.17) is 13.9 Å². The number of fused-ring (bicyclic) bond motifs is 2. The summed E-state index contributed by atoms with van der Waals surface area (Å²) in [5.41, 5.74) is -1.25. The number of rotatable bonds is 4. The molecule has 37 heavy (non-hydrogen) atoms. The van der Waals surface area contributed by atoms with Crippen molar-refractivity contribution in [2.45, 2.75) is 0 Å². The van der Waals surface area contributed by atoms with Crippen LogP contribution in [0.3, 0.4) is 0 Å². The molecule has 15 nitrogen and oxygen atoms in total. The number of carbonyl (C=O) groups excluding carboxylic acids is 1. The molecule has 0 fully saturated rings. The second kappa shape index (κ2) is 18.4. The summed E-state index contributed by atoms with van der Waals surface area (Å²) in [6, 6.07) is 2.69. The molecule has 1 radical (unpaired) electrons. The summed E-state index contributed by atoms with van der Waals surface area (Å²) in [7, 11) is 2.67. The number of ketones is 1. The second-order valence-electron chi connectivity index (χ2n) is 5.79. The fourth-order valence-corrected chi connectivity index (χ4v) is 3.03. The van der Waals surface area contributed by atoms with Crippen LogP contribution in [0.25, 0.3) is 16.6 Å². The van der Waals surface area contributed by atoms with Gasteiger partial charge in [0, 0.05) is 18.5 Å². The van der Waals surface area contributed by atoms with E-state index < -0.39 is 22.8 Å². The standard InChI is InChI=1S/C18H13N3O7.3ClH.Fe.5H2O/c1-26-15-9-3-4-28-16(9)17(27-2)14(24)12(15)13(23)8-6-19-10-5-11(22)20-18(25)21(10)7-8;;;;;;;;;/h3-7,24H,1-2H3,(H,20,22,25);3*1H;;5*1H2/q;;;;+3;;;;;/p-3. The number of halogens is 3. The minimum absolute atomic E-state index is 0. The molecule has 0 atom stereocenters. The Balaban J connectivity index is -0.000000267. The molecule has 0 saturated carbocycles. The Bertz CT molecular complexity index is 1390. The summed E-state index contributed by atoms with van der Waals surface area (Å²) >= 11 is 0. The second-order valence-corrected chi connectivity index (χ2v) is 5.79. The Morgan fingerprint density at radius 3 is 2.14 bits per heavy atom. The Kier molecular flexibility index (Phi) is 23.5. The summed E-state index contributed by atoms with van der Waals surface area (Å²) < 4.78 is 16.9. The predicted octanol–water partition coefficient (Wildman–Crippen LogP) is -12.0.